The smallest absolute Gasteiger partial charge is 0.123 e. The van der Waals surface area contributed by atoms with Crippen molar-refractivity contribution >= 4 is 11.6 Å². The normalized spacial score (nSPS) is 12.3. The third kappa shape index (κ3) is 2.76. The number of hydrogen-bond acceptors (Lipinski definition) is 3. The third-order valence-electron chi connectivity index (χ3n) is 2.32. The molecule has 0 fully saturated rings. The second-order valence-corrected chi connectivity index (χ2v) is 3.41. The van der Waals surface area contributed by atoms with E-state index in [1.54, 1.807) is 14.2 Å². The summed E-state index contributed by atoms with van der Waals surface area (Å²) in [6, 6.07) is 5.74. The van der Waals surface area contributed by atoms with Crippen molar-refractivity contribution in [2.45, 2.75) is 6.04 Å². The summed E-state index contributed by atoms with van der Waals surface area (Å²) in [5.41, 5.74) is 1.01. The molecule has 0 aliphatic carbocycles. The van der Waals surface area contributed by atoms with E-state index < -0.39 is 0 Å². The average Bonchev–Trinajstić information content (AvgIpc) is 2.30. The molecule has 1 N–H and O–H groups in total. The molecule has 84 valence electrons. The lowest BCUT2D eigenvalue weighted by Gasteiger charge is -2.17. The highest BCUT2D eigenvalue weighted by atomic mass is 35.5. The Bertz CT molecular complexity index is 313. The zero-order valence-corrected chi connectivity index (χ0v) is 9.97. The van der Waals surface area contributed by atoms with Gasteiger partial charge < -0.3 is 14.8 Å². The Hall–Kier alpha value is -0.930. The maximum absolute atomic E-state index is 5.87. The largest absolute Gasteiger partial charge is 0.497 e. The standard InChI is InChI=1S/C11H16ClNO2/c1-13-10(7-12)9-6-8(14-2)4-5-11(9)15-3/h4-6,10,13H,7H2,1-3H3. The molecule has 1 unspecified atom stereocenters. The van der Waals surface area contributed by atoms with Crippen molar-refractivity contribution in [3.8, 4) is 11.5 Å². The summed E-state index contributed by atoms with van der Waals surface area (Å²) in [5, 5.41) is 3.13. The van der Waals surface area contributed by atoms with Crippen molar-refractivity contribution < 1.29 is 9.47 Å². The molecule has 1 aromatic rings. The summed E-state index contributed by atoms with van der Waals surface area (Å²) in [6.45, 7) is 0. The summed E-state index contributed by atoms with van der Waals surface area (Å²) >= 11 is 5.87. The number of benzene rings is 1. The van der Waals surface area contributed by atoms with Crippen LogP contribution in [0, 0.1) is 0 Å². The second kappa shape index (κ2) is 5.83. The van der Waals surface area contributed by atoms with Crippen LogP contribution in [0.5, 0.6) is 11.5 Å². The van der Waals surface area contributed by atoms with Crippen LogP contribution in [-0.4, -0.2) is 27.1 Å². The van der Waals surface area contributed by atoms with Gasteiger partial charge in [0.25, 0.3) is 0 Å². The van der Waals surface area contributed by atoms with Gasteiger partial charge in [0.05, 0.1) is 14.2 Å². The van der Waals surface area contributed by atoms with Crippen LogP contribution in [0.1, 0.15) is 11.6 Å². The van der Waals surface area contributed by atoms with Gasteiger partial charge in [-0.15, -0.1) is 11.6 Å². The van der Waals surface area contributed by atoms with E-state index in [1.807, 2.05) is 25.2 Å². The molecule has 0 saturated carbocycles. The van der Waals surface area contributed by atoms with Crippen molar-refractivity contribution in [1.29, 1.82) is 0 Å². The molecule has 1 aromatic carbocycles. The lowest BCUT2D eigenvalue weighted by atomic mass is 10.1. The van der Waals surface area contributed by atoms with E-state index in [9.17, 15) is 0 Å². The molecular formula is C11H16ClNO2. The lowest BCUT2D eigenvalue weighted by molar-refractivity contribution is 0.394. The van der Waals surface area contributed by atoms with E-state index in [2.05, 4.69) is 5.32 Å². The number of alkyl halides is 1. The lowest BCUT2D eigenvalue weighted by Crippen LogP contribution is -2.18. The molecule has 0 saturated heterocycles. The van der Waals surface area contributed by atoms with E-state index in [4.69, 9.17) is 21.1 Å². The van der Waals surface area contributed by atoms with E-state index in [-0.39, 0.29) is 6.04 Å². The topological polar surface area (TPSA) is 30.5 Å². The average molecular weight is 230 g/mol. The SMILES string of the molecule is CNC(CCl)c1cc(OC)ccc1OC. The fraction of sp³-hybridized carbons (Fsp3) is 0.455. The van der Waals surface area contributed by atoms with Gasteiger partial charge in [0.2, 0.25) is 0 Å². The van der Waals surface area contributed by atoms with Gasteiger partial charge in [-0.2, -0.15) is 0 Å². The molecule has 0 bridgehead atoms. The van der Waals surface area contributed by atoms with Crippen LogP contribution in [0.2, 0.25) is 0 Å². The maximum atomic E-state index is 5.87. The third-order valence-corrected chi connectivity index (χ3v) is 2.62. The molecule has 0 aromatic heterocycles. The molecule has 0 radical (unpaired) electrons. The van der Waals surface area contributed by atoms with E-state index in [1.165, 1.54) is 0 Å². The highest BCUT2D eigenvalue weighted by Gasteiger charge is 2.14. The number of halogens is 1. The number of hydrogen-bond donors (Lipinski definition) is 1. The van der Waals surface area contributed by atoms with Crippen molar-refractivity contribution in [2.75, 3.05) is 27.1 Å². The van der Waals surface area contributed by atoms with Gasteiger partial charge in [0.1, 0.15) is 11.5 Å². The fourth-order valence-corrected chi connectivity index (χ4v) is 1.75. The summed E-state index contributed by atoms with van der Waals surface area (Å²) < 4.78 is 10.4. The highest BCUT2D eigenvalue weighted by Crippen LogP contribution is 2.29. The van der Waals surface area contributed by atoms with Gasteiger partial charge in [-0.25, -0.2) is 0 Å². The molecule has 1 atom stereocenters. The van der Waals surface area contributed by atoms with Crippen LogP contribution in [-0.2, 0) is 0 Å². The molecule has 0 spiro atoms. The molecule has 0 aliphatic heterocycles. The van der Waals surface area contributed by atoms with Gasteiger partial charge in [0, 0.05) is 17.5 Å². The van der Waals surface area contributed by atoms with Crippen molar-refractivity contribution in [2.24, 2.45) is 0 Å². The first-order chi connectivity index (χ1) is 7.26. The zero-order chi connectivity index (χ0) is 11.3. The molecule has 4 heteroatoms. The number of methoxy groups -OCH3 is 2. The van der Waals surface area contributed by atoms with Gasteiger partial charge >= 0.3 is 0 Å². The van der Waals surface area contributed by atoms with Gasteiger partial charge in [-0.05, 0) is 25.2 Å². The minimum atomic E-state index is 0.0664. The monoisotopic (exact) mass is 229 g/mol. The number of nitrogens with one attached hydrogen (secondary N) is 1. The zero-order valence-electron chi connectivity index (χ0n) is 9.21. The first-order valence-electron chi connectivity index (χ1n) is 4.72. The Morgan fingerprint density at radius 1 is 1.33 bits per heavy atom. The van der Waals surface area contributed by atoms with Crippen molar-refractivity contribution in [1.82, 2.24) is 5.32 Å². The summed E-state index contributed by atoms with van der Waals surface area (Å²) in [7, 11) is 5.15. The Balaban J connectivity index is 3.09. The number of ether oxygens (including phenoxy) is 2. The Kier molecular flexibility index (Phi) is 4.72. The molecule has 1 rings (SSSR count). The second-order valence-electron chi connectivity index (χ2n) is 3.10. The van der Waals surface area contributed by atoms with Crippen LogP contribution < -0.4 is 14.8 Å². The quantitative estimate of drug-likeness (QED) is 0.786. The molecular weight excluding hydrogens is 214 g/mol. The van der Waals surface area contributed by atoms with E-state index in [0.29, 0.717) is 5.88 Å². The van der Waals surface area contributed by atoms with Crippen LogP contribution in [0.3, 0.4) is 0 Å². The fourth-order valence-electron chi connectivity index (χ4n) is 1.43. The number of rotatable bonds is 5. The predicted molar refractivity (Wildman–Crippen MR) is 62.1 cm³/mol. The molecule has 3 nitrogen and oxygen atoms in total. The first kappa shape index (κ1) is 12.1. The van der Waals surface area contributed by atoms with Crippen LogP contribution in [0.15, 0.2) is 18.2 Å². The van der Waals surface area contributed by atoms with Gasteiger partial charge in [0.15, 0.2) is 0 Å². The maximum Gasteiger partial charge on any atom is 0.123 e. The molecule has 0 amide bonds. The first-order valence-corrected chi connectivity index (χ1v) is 5.25. The minimum Gasteiger partial charge on any atom is -0.497 e. The van der Waals surface area contributed by atoms with Crippen LogP contribution >= 0.6 is 11.6 Å². The summed E-state index contributed by atoms with van der Waals surface area (Å²) in [5.74, 6) is 2.10. The van der Waals surface area contributed by atoms with Crippen molar-refractivity contribution in [3.05, 3.63) is 23.8 Å². The predicted octanol–water partition coefficient (Wildman–Crippen LogP) is 2.20. The molecule has 15 heavy (non-hydrogen) atoms. The van der Waals surface area contributed by atoms with E-state index >= 15 is 0 Å². The van der Waals surface area contributed by atoms with Crippen LogP contribution in [0.4, 0.5) is 0 Å². The summed E-state index contributed by atoms with van der Waals surface area (Å²) in [6.07, 6.45) is 0. The Morgan fingerprint density at radius 3 is 2.53 bits per heavy atom. The van der Waals surface area contributed by atoms with Gasteiger partial charge in [-0.1, -0.05) is 0 Å². The molecule has 0 heterocycles. The van der Waals surface area contributed by atoms with Crippen molar-refractivity contribution in [3.63, 3.8) is 0 Å². The van der Waals surface area contributed by atoms with Gasteiger partial charge in [-0.3, -0.25) is 0 Å². The minimum absolute atomic E-state index is 0.0664. The van der Waals surface area contributed by atoms with Crippen LogP contribution in [0.25, 0.3) is 0 Å². The Morgan fingerprint density at radius 2 is 2.07 bits per heavy atom. The Labute approximate surface area is 95.3 Å². The summed E-state index contributed by atoms with van der Waals surface area (Å²) in [4.78, 5) is 0. The highest BCUT2D eigenvalue weighted by molar-refractivity contribution is 6.18. The molecule has 0 aliphatic rings. The van der Waals surface area contributed by atoms with E-state index in [0.717, 1.165) is 17.1 Å².